The Hall–Kier alpha value is -2.59. The van der Waals surface area contributed by atoms with Crippen LogP contribution in [0.3, 0.4) is 0 Å². The van der Waals surface area contributed by atoms with Crippen LogP contribution in [0.1, 0.15) is 19.8 Å². The average molecular weight is 396 g/mol. The van der Waals surface area contributed by atoms with E-state index in [0.29, 0.717) is 34.0 Å². The number of H-pyrrole nitrogens is 1. The van der Waals surface area contributed by atoms with Crippen molar-refractivity contribution in [3.8, 4) is 0 Å². The Bertz CT molecular complexity index is 1130. The highest BCUT2D eigenvalue weighted by Crippen LogP contribution is 2.36. The van der Waals surface area contributed by atoms with Crippen molar-refractivity contribution in [3.05, 3.63) is 30.7 Å². The Balaban J connectivity index is 1.85. The molecule has 3 aromatic rings. The molecule has 4 rings (SSSR count). The Morgan fingerprint density at radius 3 is 2.86 bits per heavy atom. The van der Waals surface area contributed by atoms with Crippen LogP contribution in [0.4, 0.5) is 17.2 Å². The van der Waals surface area contributed by atoms with Crippen molar-refractivity contribution in [1.29, 1.82) is 0 Å². The molecular weight excluding hydrogens is 375 g/mol. The third-order valence-electron chi connectivity index (χ3n) is 5.16. The molecule has 3 heterocycles. The molecule has 1 saturated heterocycles. The van der Waals surface area contributed by atoms with Crippen LogP contribution < -0.4 is 20.4 Å². The quantitative estimate of drug-likeness (QED) is 0.564. The molecule has 8 nitrogen and oxygen atoms in total. The first-order valence-electron chi connectivity index (χ1n) is 9.09. The Morgan fingerprint density at radius 2 is 2.14 bits per heavy atom. The fraction of sp³-hybridized carbons (Fsp3) is 0.333. The smallest absolute Gasteiger partial charge is 0.240 e. The second kappa shape index (κ2) is 7.10. The second-order valence-corrected chi connectivity index (χ2v) is 8.77. The van der Waals surface area contributed by atoms with Crippen molar-refractivity contribution in [2.24, 2.45) is 0 Å². The number of rotatable bonds is 5. The van der Waals surface area contributed by atoms with Crippen molar-refractivity contribution in [1.82, 2.24) is 19.7 Å². The van der Waals surface area contributed by atoms with E-state index in [4.69, 9.17) is 7.85 Å². The summed E-state index contributed by atoms with van der Waals surface area (Å²) in [5.74, 6) is 0.524. The predicted molar refractivity (Wildman–Crippen MR) is 111 cm³/mol. The van der Waals surface area contributed by atoms with Gasteiger partial charge in [0.1, 0.15) is 25.6 Å². The minimum Gasteiger partial charge on any atom is -0.367 e. The van der Waals surface area contributed by atoms with Crippen molar-refractivity contribution in [3.63, 3.8) is 0 Å². The van der Waals surface area contributed by atoms with Gasteiger partial charge in [0.2, 0.25) is 10.0 Å². The van der Waals surface area contributed by atoms with E-state index in [1.165, 1.54) is 13.4 Å². The first-order chi connectivity index (χ1) is 13.4. The summed E-state index contributed by atoms with van der Waals surface area (Å²) in [4.78, 5) is 14.0. The van der Waals surface area contributed by atoms with Crippen LogP contribution in [0.2, 0.25) is 0 Å². The number of fused-ring (bicyclic) bond motifs is 1. The molecule has 1 aliphatic heterocycles. The summed E-state index contributed by atoms with van der Waals surface area (Å²) in [6.45, 7) is 3.08. The molecule has 144 valence electrons. The molecule has 3 N–H and O–H groups in total. The third kappa shape index (κ3) is 3.22. The van der Waals surface area contributed by atoms with Crippen LogP contribution in [-0.4, -0.2) is 50.9 Å². The molecule has 2 radical (unpaired) electrons. The normalized spacial score (nSPS) is 17.4. The van der Waals surface area contributed by atoms with Gasteiger partial charge in [0.05, 0.1) is 21.7 Å². The summed E-state index contributed by atoms with van der Waals surface area (Å²) in [6.07, 6.45) is 5.29. The zero-order valence-corrected chi connectivity index (χ0v) is 16.5. The molecule has 1 aromatic carbocycles. The minimum atomic E-state index is -3.58. The minimum absolute atomic E-state index is 0.181. The standard InChI is InChI=1S/C18H21BN6O2S/c1-11-4-3-7-25(11)15-6-5-12(28(26,27)20-2)8-14(15)24-18-16-13(19)9-21-17(16)22-10-23-18/h5-6,8-11,20H,3-4,7H2,1-2H3,(H2,21,22,23,24)/t11-/m0/s1. The molecular formula is C18H21BN6O2S. The molecule has 10 heteroatoms. The zero-order valence-electron chi connectivity index (χ0n) is 15.7. The number of hydrogen-bond donors (Lipinski definition) is 3. The lowest BCUT2D eigenvalue weighted by atomic mass is 9.97. The molecule has 0 saturated carbocycles. The number of aromatic nitrogens is 3. The summed E-state index contributed by atoms with van der Waals surface area (Å²) < 4.78 is 27.0. The van der Waals surface area contributed by atoms with E-state index in [9.17, 15) is 8.42 Å². The lowest BCUT2D eigenvalue weighted by Gasteiger charge is -2.27. The van der Waals surface area contributed by atoms with E-state index in [-0.39, 0.29) is 4.90 Å². The van der Waals surface area contributed by atoms with E-state index < -0.39 is 10.0 Å². The average Bonchev–Trinajstić information content (AvgIpc) is 3.28. The van der Waals surface area contributed by atoms with Gasteiger partial charge in [0.25, 0.3) is 0 Å². The highest BCUT2D eigenvalue weighted by molar-refractivity contribution is 7.89. The van der Waals surface area contributed by atoms with E-state index in [1.807, 2.05) is 6.07 Å². The van der Waals surface area contributed by atoms with Crippen molar-refractivity contribution >= 4 is 51.6 Å². The number of anilines is 3. The fourth-order valence-corrected chi connectivity index (χ4v) is 4.41. The van der Waals surface area contributed by atoms with Gasteiger partial charge in [-0.05, 0) is 51.2 Å². The zero-order chi connectivity index (χ0) is 19.9. The summed E-state index contributed by atoms with van der Waals surface area (Å²) in [7, 11) is 3.88. The van der Waals surface area contributed by atoms with Gasteiger partial charge in [-0.3, -0.25) is 0 Å². The van der Waals surface area contributed by atoms with Crippen molar-refractivity contribution in [2.75, 3.05) is 23.8 Å². The molecule has 0 spiro atoms. The summed E-state index contributed by atoms with van der Waals surface area (Å²) in [5, 5.41) is 3.96. The lowest BCUT2D eigenvalue weighted by molar-refractivity contribution is 0.588. The first-order valence-corrected chi connectivity index (χ1v) is 10.6. The Kier molecular flexibility index (Phi) is 4.76. The molecule has 2 aromatic heterocycles. The van der Waals surface area contributed by atoms with Crippen LogP contribution in [0.15, 0.2) is 35.6 Å². The van der Waals surface area contributed by atoms with Gasteiger partial charge in [0, 0.05) is 12.6 Å². The Labute approximate surface area is 165 Å². The van der Waals surface area contributed by atoms with Crippen LogP contribution >= 0.6 is 0 Å². The molecule has 0 bridgehead atoms. The number of benzene rings is 1. The van der Waals surface area contributed by atoms with Gasteiger partial charge in [-0.25, -0.2) is 23.1 Å². The summed E-state index contributed by atoms with van der Waals surface area (Å²) in [6, 6.07) is 5.46. The largest absolute Gasteiger partial charge is 0.367 e. The molecule has 0 aliphatic carbocycles. The fourth-order valence-electron chi connectivity index (χ4n) is 3.65. The highest BCUT2D eigenvalue weighted by atomic mass is 32.2. The number of hydrogen-bond acceptors (Lipinski definition) is 6. The molecule has 1 fully saturated rings. The van der Waals surface area contributed by atoms with E-state index in [1.54, 1.807) is 18.3 Å². The molecule has 28 heavy (non-hydrogen) atoms. The van der Waals surface area contributed by atoms with Gasteiger partial charge < -0.3 is 15.2 Å². The number of nitrogens with one attached hydrogen (secondary N) is 3. The molecule has 0 amide bonds. The van der Waals surface area contributed by atoms with Gasteiger partial charge in [-0.15, -0.1) is 0 Å². The predicted octanol–water partition coefficient (Wildman–Crippen LogP) is 1.39. The first kappa shape index (κ1) is 18.8. The third-order valence-corrected chi connectivity index (χ3v) is 6.57. The van der Waals surface area contributed by atoms with E-state index in [0.717, 1.165) is 25.1 Å². The highest BCUT2D eigenvalue weighted by Gasteiger charge is 2.25. The topological polar surface area (TPSA) is 103 Å². The van der Waals surface area contributed by atoms with Crippen molar-refractivity contribution < 1.29 is 8.42 Å². The van der Waals surface area contributed by atoms with E-state index >= 15 is 0 Å². The molecule has 0 unspecified atom stereocenters. The maximum Gasteiger partial charge on any atom is 0.240 e. The van der Waals surface area contributed by atoms with Gasteiger partial charge in [0.15, 0.2) is 0 Å². The number of sulfonamides is 1. The van der Waals surface area contributed by atoms with Crippen LogP contribution in [0, 0.1) is 0 Å². The maximum absolute atomic E-state index is 12.3. The SMILES string of the molecule is [B]c1c[nH]c2ncnc(Nc3cc(S(=O)(=O)NC)ccc3N3CCC[C@@H]3C)c12. The van der Waals surface area contributed by atoms with Gasteiger partial charge >= 0.3 is 0 Å². The molecule has 1 atom stereocenters. The summed E-state index contributed by atoms with van der Waals surface area (Å²) >= 11 is 0. The second-order valence-electron chi connectivity index (χ2n) is 6.89. The maximum atomic E-state index is 12.3. The Morgan fingerprint density at radius 1 is 1.32 bits per heavy atom. The van der Waals surface area contributed by atoms with Gasteiger partial charge in [-0.2, -0.15) is 0 Å². The van der Waals surface area contributed by atoms with Crippen LogP contribution in [0.5, 0.6) is 0 Å². The lowest BCUT2D eigenvalue weighted by Crippen LogP contribution is -2.27. The van der Waals surface area contributed by atoms with E-state index in [2.05, 4.69) is 36.8 Å². The number of aromatic amines is 1. The number of nitrogens with zero attached hydrogens (tertiary/aromatic N) is 3. The van der Waals surface area contributed by atoms with Crippen molar-refractivity contribution in [2.45, 2.75) is 30.7 Å². The van der Waals surface area contributed by atoms with Crippen LogP contribution in [0.25, 0.3) is 11.0 Å². The van der Waals surface area contributed by atoms with Gasteiger partial charge in [-0.1, -0.05) is 5.46 Å². The van der Waals surface area contributed by atoms with Crippen LogP contribution in [-0.2, 0) is 10.0 Å². The monoisotopic (exact) mass is 396 g/mol. The summed E-state index contributed by atoms with van der Waals surface area (Å²) in [5.41, 5.74) is 2.73. The molecule has 1 aliphatic rings.